The van der Waals surface area contributed by atoms with Gasteiger partial charge in [-0.2, -0.15) is 0 Å². The lowest BCUT2D eigenvalue weighted by atomic mass is 10.2. The summed E-state index contributed by atoms with van der Waals surface area (Å²) in [5.41, 5.74) is 1.66. The molecule has 0 fully saturated rings. The van der Waals surface area contributed by atoms with Crippen LogP contribution in [0.25, 0.3) is 0 Å². The third kappa shape index (κ3) is 2.47. The van der Waals surface area contributed by atoms with Gasteiger partial charge in [-0.3, -0.25) is 4.79 Å². The van der Waals surface area contributed by atoms with Gasteiger partial charge in [0.25, 0.3) is 0 Å². The lowest BCUT2D eigenvalue weighted by molar-refractivity contribution is -0.116. The highest BCUT2D eigenvalue weighted by atomic mass is 16.3. The second-order valence-electron chi connectivity index (χ2n) is 4.44. The first-order valence-corrected chi connectivity index (χ1v) is 6.04. The standard InChI is InChI=1S/C13H18N2O3/c1-10(17)15-9-11(18)8-14(6-7-16)12-4-2-3-5-13(12)15/h2-5,11,16,18H,6-9H2,1H3. The summed E-state index contributed by atoms with van der Waals surface area (Å²) in [6, 6.07) is 7.51. The number of rotatable bonds is 2. The number of nitrogens with zero attached hydrogens (tertiary/aromatic N) is 2. The molecule has 98 valence electrons. The van der Waals surface area contributed by atoms with Gasteiger partial charge in [-0.05, 0) is 12.1 Å². The van der Waals surface area contributed by atoms with Gasteiger partial charge in [0.05, 0.1) is 30.6 Å². The molecule has 2 rings (SSSR count). The van der Waals surface area contributed by atoms with E-state index in [2.05, 4.69) is 0 Å². The van der Waals surface area contributed by atoms with Gasteiger partial charge in [0, 0.05) is 20.0 Å². The second-order valence-corrected chi connectivity index (χ2v) is 4.44. The molecule has 5 nitrogen and oxygen atoms in total. The quantitative estimate of drug-likeness (QED) is 0.787. The number of para-hydroxylation sites is 2. The molecule has 1 atom stereocenters. The summed E-state index contributed by atoms with van der Waals surface area (Å²) in [4.78, 5) is 15.2. The number of hydrogen-bond donors (Lipinski definition) is 2. The minimum Gasteiger partial charge on any atom is -0.395 e. The van der Waals surface area contributed by atoms with E-state index in [0.29, 0.717) is 13.1 Å². The number of benzene rings is 1. The van der Waals surface area contributed by atoms with Gasteiger partial charge in [0.15, 0.2) is 0 Å². The normalized spacial score (nSPS) is 19.4. The first kappa shape index (κ1) is 12.9. The van der Waals surface area contributed by atoms with Crippen LogP contribution in [0.2, 0.25) is 0 Å². The van der Waals surface area contributed by atoms with Crippen LogP contribution < -0.4 is 9.80 Å². The van der Waals surface area contributed by atoms with Crippen molar-refractivity contribution in [2.24, 2.45) is 0 Å². The van der Waals surface area contributed by atoms with Crippen molar-refractivity contribution in [3.05, 3.63) is 24.3 Å². The van der Waals surface area contributed by atoms with Gasteiger partial charge >= 0.3 is 0 Å². The molecule has 0 aliphatic carbocycles. The molecule has 1 aliphatic heterocycles. The zero-order valence-electron chi connectivity index (χ0n) is 10.4. The number of anilines is 2. The molecule has 1 aromatic carbocycles. The summed E-state index contributed by atoms with van der Waals surface area (Å²) in [5.74, 6) is -0.0904. The molecule has 1 aromatic rings. The highest BCUT2D eigenvalue weighted by molar-refractivity contribution is 5.95. The van der Waals surface area contributed by atoms with E-state index in [4.69, 9.17) is 5.11 Å². The third-order valence-corrected chi connectivity index (χ3v) is 3.09. The number of amides is 1. The van der Waals surface area contributed by atoms with Gasteiger partial charge in [-0.1, -0.05) is 12.1 Å². The molecule has 18 heavy (non-hydrogen) atoms. The number of aliphatic hydroxyl groups excluding tert-OH is 2. The Morgan fingerprint density at radius 2 is 2.00 bits per heavy atom. The fourth-order valence-electron chi connectivity index (χ4n) is 2.31. The van der Waals surface area contributed by atoms with E-state index < -0.39 is 6.10 Å². The molecular weight excluding hydrogens is 232 g/mol. The Morgan fingerprint density at radius 3 is 2.61 bits per heavy atom. The van der Waals surface area contributed by atoms with Crippen LogP contribution in [-0.2, 0) is 4.79 Å². The topological polar surface area (TPSA) is 64.0 Å². The lowest BCUT2D eigenvalue weighted by Gasteiger charge is -2.25. The smallest absolute Gasteiger partial charge is 0.224 e. The van der Waals surface area contributed by atoms with Crippen LogP contribution in [0.5, 0.6) is 0 Å². The zero-order valence-corrected chi connectivity index (χ0v) is 10.4. The van der Waals surface area contributed by atoms with Gasteiger partial charge in [-0.15, -0.1) is 0 Å². The highest BCUT2D eigenvalue weighted by Crippen LogP contribution is 2.31. The van der Waals surface area contributed by atoms with E-state index in [-0.39, 0.29) is 19.1 Å². The zero-order chi connectivity index (χ0) is 13.1. The Labute approximate surface area is 106 Å². The first-order chi connectivity index (χ1) is 8.63. The molecular formula is C13H18N2O3. The minimum atomic E-state index is -0.618. The number of carbonyl (C=O) groups excluding carboxylic acids is 1. The molecule has 0 radical (unpaired) electrons. The molecule has 0 saturated carbocycles. The molecule has 0 spiro atoms. The maximum Gasteiger partial charge on any atom is 0.224 e. The molecule has 0 aromatic heterocycles. The minimum absolute atomic E-state index is 0.0150. The van der Waals surface area contributed by atoms with Gasteiger partial charge in [0.1, 0.15) is 0 Å². The van der Waals surface area contributed by atoms with E-state index >= 15 is 0 Å². The maximum atomic E-state index is 11.7. The first-order valence-electron chi connectivity index (χ1n) is 6.04. The predicted molar refractivity (Wildman–Crippen MR) is 69.8 cm³/mol. The summed E-state index contributed by atoms with van der Waals surface area (Å²) in [7, 11) is 0. The van der Waals surface area contributed by atoms with Crippen molar-refractivity contribution in [3.8, 4) is 0 Å². The Balaban J connectivity index is 2.44. The second kappa shape index (κ2) is 5.37. The monoisotopic (exact) mass is 250 g/mol. The van der Waals surface area contributed by atoms with Crippen molar-refractivity contribution in [2.75, 3.05) is 36.0 Å². The highest BCUT2D eigenvalue weighted by Gasteiger charge is 2.26. The average molecular weight is 250 g/mol. The fraction of sp³-hybridized carbons (Fsp3) is 0.462. The molecule has 1 aliphatic rings. The average Bonchev–Trinajstić information content (AvgIpc) is 2.48. The van der Waals surface area contributed by atoms with Gasteiger partial charge in [-0.25, -0.2) is 0 Å². The van der Waals surface area contributed by atoms with E-state index in [1.54, 1.807) is 4.90 Å². The van der Waals surface area contributed by atoms with Crippen LogP contribution >= 0.6 is 0 Å². The summed E-state index contributed by atoms with van der Waals surface area (Å²) in [6.07, 6.45) is -0.618. The SMILES string of the molecule is CC(=O)N1CC(O)CN(CCO)c2ccccc21. The molecule has 1 heterocycles. The molecule has 0 saturated heterocycles. The van der Waals surface area contributed by atoms with E-state index in [1.165, 1.54) is 6.92 Å². The van der Waals surface area contributed by atoms with Crippen molar-refractivity contribution in [3.63, 3.8) is 0 Å². The van der Waals surface area contributed by atoms with Crippen molar-refractivity contribution in [1.82, 2.24) is 0 Å². The largest absolute Gasteiger partial charge is 0.395 e. The van der Waals surface area contributed by atoms with Crippen LogP contribution in [-0.4, -0.2) is 48.5 Å². The van der Waals surface area contributed by atoms with Crippen molar-refractivity contribution in [2.45, 2.75) is 13.0 Å². The molecule has 1 unspecified atom stereocenters. The van der Waals surface area contributed by atoms with E-state index in [0.717, 1.165) is 11.4 Å². The van der Waals surface area contributed by atoms with Crippen molar-refractivity contribution in [1.29, 1.82) is 0 Å². The van der Waals surface area contributed by atoms with Crippen LogP contribution in [0, 0.1) is 0 Å². The molecule has 1 amide bonds. The molecule has 2 N–H and O–H groups in total. The van der Waals surface area contributed by atoms with E-state index in [9.17, 15) is 9.90 Å². The number of hydrogen-bond acceptors (Lipinski definition) is 4. The summed E-state index contributed by atoms with van der Waals surface area (Å²) in [5, 5.41) is 19.1. The predicted octanol–water partition coefficient (Wildman–Crippen LogP) is 0.213. The molecule has 5 heteroatoms. The summed E-state index contributed by atoms with van der Waals surface area (Å²) < 4.78 is 0. The Bertz CT molecular complexity index is 436. The van der Waals surface area contributed by atoms with Crippen LogP contribution in [0.1, 0.15) is 6.92 Å². The summed E-state index contributed by atoms with van der Waals surface area (Å²) >= 11 is 0. The van der Waals surface area contributed by atoms with Gasteiger partial charge < -0.3 is 20.0 Å². The Morgan fingerprint density at radius 1 is 1.33 bits per heavy atom. The number of carbonyl (C=O) groups is 1. The maximum absolute atomic E-state index is 11.7. The number of β-amino-alcohol motifs (C(OH)–C–C–N with tert-alkyl or cyclic N) is 2. The number of fused-ring (bicyclic) bond motifs is 1. The summed E-state index contributed by atoms with van der Waals surface area (Å²) in [6.45, 7) is 2.65. The third-order valence-electron chi connectivity index (χ3n) is 3.09. The van der Waals surface area contributed by atoms with Gasteiger partial charge in [0.2, 0.25) is 5.91 Å². The van der Waals surface area contributed by atoms with Crippen LogP contribution in [0.4, 0.5) is 11.4 Å². The Hall–Kier alpha value is -1.59. The number of aliphatic hydroxyl groups is 2. The fourth-order valence-corrected chi connectivity index (χ4v) is 2.31. The van der Waals surface area contributed by atoms with Crippen molar-refractivity contribution >= 4 is 17.3 Å². The Kier molecular flexibility index (Phi) is 3.84. The molecule has 0 bridgehead atoms. The van der Waals surface area contributed by atoms with E-state index in [1.807, 2.05) is 29.2 Å². The van der Waals surface area contributed by atoms with Crippen LogP contribution in [0.3, 0.4) is 0 Å². The van der Waals surface area contributed by atoms with Crippen molar-refractivity contribution < 1.29 is 15.0 Å². The van der Waals surface area contributed by atoms with Crippen LogP contribution in [0.15, 0.2) is 24.3 Å². The lowest BCUT2D eigenvalue weighted by Crippen LogP contribution is -2.38.